The van der Waals surface area contributed by atoms with E-state index in [9.17, 15) is 9.59 Å². The standard InChI is InChI=1S/C17H24O5/c1-4-5-6-7-11-22-15-10-8-9-13(16(15)20-2)12-14(18)17(19)21-3/h8-10H,4-7,11-12H2,1-3H3. The average molecular weight is 308 g/mol. The molecular formula is C17H24O5. The molecule has 0 N–H and O–H groups in total. The zero-order valence-electron chi connectivity index (χ0n) is 13.5. The summed E-state index contributed by atoms with van der Waals surface area (Å²) in [4.78, 5) is 22.9. The van der Waals surface area contributed by atoms with Crippen LogP contribution in [-0.2, 0) is 20.7 Å². The summed E-state index contributed by atoms with van der Waals surface area (Å²) in [7, 11) is 2.71. The van der Waals surface area contributed by atoms with Crippen LogP contribution in [0, 0.1) is 0 Å². The van der Waals surface area contributed by atoms with E-state index >= 15 is 0 Å². The molecule has 0 unspecified atom stereocenters. The molecule has 0 aliphatic rings. The van der Waals surface area contributed by atoms with Crippen LogP contribution in [-0.4, -0.2) is 32.6 Å². The van der Waals surface area contributed by atoms with E-state index in [1.165, 1.54) is 27.1 Å². The maximum absolute atomic E-state index is 11.7. The summed E-state index contributed by atoms with van der Waals surface area (Å²) in [6.07, 6.45) is 4.40. The Balaban J connectivity index is 2.72. The quantitative estimate of drug-likeness (QED) is 0.378. The molecule has 122 valence electrons. The summed E-state index contributed by atoms with van der Waals surface area (Å²) in [6, 6.07) is 5.32. The first-order valence-corrected chi connectivity index (χ1v) is 7.53. The van der Waals surface area contributed by atoms with Crippen LogP contribution >= 0.6 is 0 Å². The zero-order chi connectivity index (χ0) is 16.4. The topological polar surface area (TPSA) is 61.8 Å². The summed E-state index contributed by atoms with van der Waals surface area (Å²) in [5.41, 5.74) is 0.615. The van der Waals surface area contributed by atoms with E-state index in [2.05, 4.69) is 11.7 Å². The number of hydrogen-bond acceptors (Lipinski definition) is 5. The zero-order valence-corrected chi connectivity index (χ0v) is 13.5. The SMILES string of the molecule is CCCCCCOc1cccc(CC(=O)C(=O)OC)c1OC. The summed E-state index contributed by atoms with van der Waals surface area (Å²) >= 11 is 0. The largest absolute Gasteiger partial charge is 0.493 e. The number of ether oxygens (including phenoxy) is 3. The van der Waals surface area contributed by atoms with Crippen LogP contribution in [0.15, 0.2) is 18.2 Å². The van der Waals surface area contributed by atoms with Crippen molar-refractivity contribution in [2.24, 2.45) is 0 Å². The van der Waals surface area contributed by atoms with Gasteiger partial charge >= 0.3 is 5.97 Å². The summed E-state index contributed by atoms with van der Waals surface area (Å²) < 4.78 is 15.5. The second-order valence-corrected chi connectivity index (χ2v) is 4.95. The molecule has 1 aromatic rings. The third-order valence-corrected chi connectivity index (χ3v) is 3.28. The molecule has 1 rings (SSSR count). The summed E-state index contributed by atoms with van der Waals surface area (Å²) in [6.45, 7) is 2.76. The van der Waals surface area contributed by atoms with E-state index in [1.54, 1.807) is 18.2 Å². The molecule has 5 heteroatoms. The molecule has 0 bridgehead atoms. The Labute approximate surface area is 131 Å². The molecule has 0 aliphatic heterocycles. The number of esters is 1. The van der Waals surface area contributed by atoms with Crippen LogP contribution in [0.3, 0.4) is 0 Å². The monoisotopic (exact) mass is 308 g/mol. The molecule has 1 aromatic carbocycles. The van der Waals surface area contributed by atoms with E-state index in [1.807, 2.05) is 0 Å². The molecule has 0 heterocycles. The van der Waals surface area contributed by atoms with Crippen LogP contribution in [0.2, 0.25) is 0 Å². The molecule has 0 fully saturated rings. The van der Waals surface area contributed by atoms with Gasteiger partial charge in [-0.15, -0.1) is 0 Å². The van der Waals surface area contributed by atoms with Gasteiger partial charge in [0.05, 0.1) is 20.8 Å². The Kier molecular flexibility index (Phi) is 8.04. The first-order valence-electron chi connectivity index (χ1n) is 7.53. The molecule has 22 heavy (non-hydrogen) atoms. The van der Waals surface area contributed by atoms with Gasteiger partial charge in [-0.05, 0) is 12.5 Å². The van der Waals surface area contributed by atoms with E-state index in [0.29, 0.717) is 23.7 Å². The fraction of sp³-hybridized carbons (Fsp3) is 0.529. The number of rotatable bonds is 10. The van der Waals surface area contributed by atoms with E-state index < -0.39 is 11.8 Å². The van der Waals surface area contributed by atoms with Gasteiger partial charge in [0, 0.05) is 12.0 Å². The number of unbranched alkanes of at least 4 members (excludes halogenated alkanes) is 3. The van der Waals surface area contributed by atoms with Crippen molar-refractivity contribution in [3.8, 4) is 11.5 Å². The number of carbonyl (C=O) groups excluding carboxylic acids is 2. The lowest BCUT2D eigenvalue weighted by Gasteiger charge is -2.14. The third kappa shape index (κ3) is 5.39. The Morgan fingerprint density at radius 2 is 1.86 bits per heavy atom. The lowest BCUT2D eigenvalue weighted by Crippen LogP contribution is -2.18. The first-order chi connectivity index (χ1) is 10.6. The highest BCUT2D eigenvalue weighted by molar-refractivity contribution is 6.34. The minimum absolute atomic E-state index is 0.0666. The maximum atomic E-state index is 11.7. The molecular weight excluding hydrogens is 284 g/mol. The fourth-order valence-corrected chi connectivity index (χ4v) is 2.12. The van der Waals surface area contributed by atoms with Crippen molar-refractivity contribution in [2.45, 2.75) is 39.0 Å². The first kappa shape index (κ1) is 18.0. The van der Waals surface area contributed by atoms with Crippen LogP contribution < -0.4 is 9.47 Å². The predicted octanol–water partition coefficient (Wildman–Crippen LogP) is 2.94. The predicted molar refractivity (Wildman–Crippen MR) is 83.4 cm³/mol. The van der Waals surface area contributed by atoms with Crippen molar-refractivity contribution in [2.75, 3.05) is 20.8 Å². The minimum Gasteiger partial charge on any atom is -0.493 e. The van der Waals surface area contributed by atoms with Gasteiger partial charge in [-0.3, -0.25) is 4.79 Å². The van der Waals surface area contributed by atoms with Gasteiger partial charge in [0.1, 0.15) is 0 Å². The van der Waals surface area contributed by atoms with Crippen molar-refractivity contribution in [3.05, 3.63) is 23.8 Å². The lowest BCUT2D eigenvalue weighted by molar-refractivity contribution is -0.151. The molecule has 0 atom stereocenters. The van der Waals surface area contributed by atoms with Crippen LogP contribution in [0.25, 0.3) is 0 Å². The van der Waals surface area contributed by atoms with Crippen LogP contribution in [0.4, 0.5) is 0 Å². The van der Waals surface area contributed by atoms with Gasteiger partial charge in [0.25, 0.3) is 0 Å². The molecule has 0 aliphatic carbocycles. The average Bonchev–Trinajstić information content (AvgIpc) is 2.54. The van der Waals surface area contributed by atoms with Crippen molar-refractivity contribution in [3.63, 3.8) is 0 Å². The van der Waals surface area contributed by atoms with Gasteiger partial charge in [-0.1, -0.05) is 38.3 Å². The number of methoxy groups -OCH3 is 2. The van der Waals surface area contributed by atoms with E-state index in [4.69, 9.17) is 9.47 Å². The van der Waals surface area contributed by atoms with Crippen molar-refractivity contribution in [1.29, 1.82) is 0 Å². The maximum Gasteiger partial charge on any atom is 0.374 e. The van der Waals surface area contributed by atoms with Gasteiger partial charge in [-0.2, -0.15) is 0 Å². The second-order valence-electron chi connectivity index (χ2n) is 4.95. The molecule has 0 aromatic heterocycles. The van der Waals surface area contributed by atoms with Crippen LogP contribution in [0.1, 0.15) is 38.2 Å². The Hall–Kier alpha value is -2.04. The Morgan fingerprint density at radius 1 is 1.09 bits per heavy atom. The Morgan fingerprint density at radius 3 is 2.50 bits per heavy atom. The number of carbonyl (C=O) groups is 2. The van der Waals surface area contributed by atoms with E-state index in [-0.39, 0.29) is 6.42 Å². The number of hydrogen-bond donors (Lipinski definition) is 0. The number of benzene rings is 1. The van der Waals surface area contributed by atoms with Gasteiger partial charge < -0.3 is 14.2 Å². The van der Waals surface area contributed by atoms with Gasteiger partial charge in [-0.25, -0.2) is 4.79 Å². The number of para-hydroxylation sites is 1. The van der Waals surface area contributed by atoms with Gasteiger partial charge in [0.2, 0.25) is 5.78 Å². The van der Waals surface area contributed by atoms with E-state index in [0.717, 1.165) is 12.8 Å². The van der Waals surface area contributed by atoms with Crippen molar-refractivity contribution >= 4 is 11.8 Å². The highest BCUT2D eigenvalue weighted by atomic mass is 16.5. The fourth-order valence-electron chi connectivity index (χ4n) is 2.12. The minimum atomic E-state index is -0.854. The van der Waals surface area contributed by atoms with Crippen LogP contribution in [0.5, 0.6) is 11.5 Å². The highest BCUT2D eigenvalue weighted by Gasteiger charge is 2.19. The molecule has 0 amide bonds. The second kappa shape index (κ2) is 9.82. The summed E-state index contributed by atoms with van der Waals surface area (Å²) in [5.74, 6) is -0.377. The molecule has 0 saturated carbocycles. The number of Topliss-reactive ketones (excluding diaryl/α,β-unsaturated/α-hetero) is 1. The molecule has 5 nitrogen and oxygen atoms in total. The Bertz CT molecular complexity index is 496. The lowest BCUT2D eigenvalue weighted by atomic mass is 10.1. The number of ketones is 1. The molecule has 0 spiro atoms. The molecule has 0 saturated heterocycles. The summed E-state index contributed by atoms with van der Waals surface area (Å²) in [5, 5.41) is 0. The molecule has 0 radical (unpaired) electrons. The smallest absolute Gasteiger partial charge is 0.374 e. The van der Waals surface area contributed by atoms with Crippen molar-refractivity contribution in [1.82, 2.24) is 0 Å². The highest BCUT2D eigenvalue weighted by Crippen LogP contribution is 2.31. The van der Waals surface area contributed by atoms with Crippen molar-refractivity contribution < 1.29 is 23.8 Å². The third-order valence-electron chi connectivity index (χ3n) is 3.28. The van der Waals surface area contributed by atoms with Gasteiger partial charge in [0.15, 0.2) is 11.5 Å². The normalized spacial score (nSPS) is 10.1.